The van der Waals surface area contributed by atoms with Gasteiger partial charge in [0.05, 0.1) is 5.38 Å². The number of hydrogen-bond acceptors (Lipinski definition) is 2. The second-order valence-corrected chi connectivity index (χ2v) is 3.64. The summed E-state index contributed by atoms with van der Waals surface area (Å²) in [6, 6.07) is 0. The Morgan fingerprint density at radius 1 is 1.50 bits per heavy atom. The van der Waals surface area contributed by atoms with E-state index in [1.54, 1.807) is 0 Å². The maximum absolute atomic E-state index is 10.2. The van der Waals surface area contributed by atoms with E-state index in [0.29, 0.717) is 5.92 Å². The van der Waals surface area contributed by atoms with Crippen LogP contribution in [0, 0.1) is 5.92 Å². The Kier molecular flexibility index (Phi) is 6.81. The number of alkyl halides is 1. The van der Waals surface area contributed by atoms with Crippen molar-refractivity contribution in [2.24, 2.45) is 5.92 Å². The van der Waals surface area contributed by atoms with Gasteiger partial charge in [-0.15, -0.1) is 24.0 Å². The van der Waals surface area contributed by atoms with Gasteiger partial charge in [-0.1, -0.05) is 0 Å². The molecule has 0 aromatic heterocycles. The zero-order valence-electron chi connectivity index (χ0n) is 6.96. The highest BCUT2D eigenvalue weighted by atomic mass is 35.5. The van der Waals surface area contributed by atoms with E-state index in [0.717, 1.165) is 38.6 Å². The number of nitrogens with one attached hydrogen (secondary N) is 1. The quantitative estimate of drug-likeness (QED) is 0.568. The van der Waals surface area contributed by atoms with Crippen LogP contribution in [0.3, 0.4) is 0 Å². The predicted molar refractivity (Wildman–Crippen MR) is 53.2 cm³/mol. The summed E-state index contributed by atoms with van der Waals surface area (Å²) < 4.78 is 0. The number of aldehydes is 1. The Balaban J connectivity index is 0.00000121. The molecule has 0 aromatic carbocycles. The molecule has 1 aliphatic heterocycles. The predicted octanol–water partition coefficient (Wildman–Crippen LogP) is 1.60. The molecule has 1 saturated heterocycles. The molecule has 0 amide bonds. The lowest BCUT2D eigenvalue weighted by Crippen LogP contribution is -2.29. The van der Waals surface area contributed by atoms with Crippen molar-refractivity contribution >= 4 is 30.3 Å². The van der Waals surface area contributed by atoms with Crippen LogP contribution in [0.15, 0.2) is 0 Å². The van der Waals surface area contributed by atoms with E-state index in [1.807, 2.05) is 0 Å². The fraction of sp³-hybridized carbons (Fsp3) is 0.875. The smallest absolute Gasteiger partial charge is 0.137 e. The van der Waals surface area contributed by atoms with E-state index in [4.69, 9.17) is 11.6 Å². The molecular formula is C8H15Cl2NO. The second kappa shape index (κ2) is 6.70. The minimum atomic E-state index is -0.266. The zero-order valence-corrected chi connectivity index (χ0v) is 8.53. The average molecular weight is 212 g/mol. The second-order valence-electron chi connectivity index (χ2n) is 3.08. The maximum Gasteiger partial charge on any atom is 0.137 e. The number of halogens is 2. The number of hydrogen-bond donors (Lipinski definition) is 1. The topological polar surface area (TPSA) is 29.1 Å². The molecule has 1 N–H and O–H groups in total. The van der Waals surface area contributed by atoms with E-state index in [2.05, 4.69) is 5.32 Å². The van der Waals surface area contributed by atoms with Crippen LogP contribution >= 0.6 is 24.0 Å². The van der Waals surface area contributed by atoms with Gasteiger partial charge in [-0.2, -0.15) is 0 Å². The summed E-state index contributed by atoms with van der Waals surface area (Å²) in [6.45, 7) is 2.15. The van der Waals surface area contributed by atoms with Crippen LogP contribution < -0.4 is 5.32 Å². The standard InChI is InChI=1S/C8H14ClNO.ClH/c9-8(6-11)5-7-1-3-10-4-2-7;/h6-8,10H,1-5H2;1H. The Bertz CT molecular complexity index is 126. The van der Waals surface area contributed by atoms with E-state index in [1.165, 1.54) is 0 Å². The summed E-state index contributed by atoms with van der Waals surface area (Å²) in [5, 5.41) is 3.01. The van der Waals surface area contributed by atoms with Gasteiger partial charge >= 0.3 is 0 Å². The van der Waals surface area contributed by atoms with Crippen molar-refractivity contribution in [3.63, 3.8) is 0 Å². The van der Waals surface area contributed by atoms with Crippen molar-refractivity contribution in [1.29, 1.82) is 0 Å². The largest absolute Gasteiger partial charge is 0.317 e. The van der Waals surface area contributed by atoms with Crippen molar-refractivity contribution in [2.45, 2.75) is 24.6 Å². The summed E-state index contributed by atoms with van der Waals surface area (Å²) in [7, 11) is 0. The highest BCUT2D eigenvalue weighted by Crippen LogP contribution is 2.19. The van der Waals surface area contributed by atoms with E-state index in [9.17, 15) is 4.79 Å². The monoisotopic (exact) mass is 211 g/mol. The molecule has 0 bridgehead atoms. The van der Waals surface area contributed by atoms with Crippen molar-refractivity contribution < 1.29 is 4.79 Å². The third-order valence-electron chi connectivity index (χ3n) is 2.16. The van der Waals surface area contributed by atoms with E-state index in [-0.39, 0.29) is 17.8 Å². The summed E-state index contributed by atoms with van der Waals surface area (Å²) in [4.78, 5) is 10.2. The fourth-order valence-corrected chi connectivity index (χ4v) is 1.74. The van der Waals surface area contributed by atoms with Gasteiger partial charge < -0.3 is 10.1 Å². The number of piperidine rings is 1. The molecule has 0 aliphatic carbocycles. The van der Waals surface area contributed by atoms with Crippen molar-refractivity contribution in [1.82, 2.24) is 5.32 Å². The lowest BCUT2D eigenvalue weighted by Gasteiger charge is -2.22. The summed E-state index contributed by atoms with van der Waals surface area (Å²) in [6.07, 6.45) is 4.02. The molecule has 0 radical (unpaired) electrons. The van der Waals surface area contributed by atoms with Gasteiger partial charge in [0.1, 0.15) is 6.29 Å². The number of carbonyl (C=O) groups excluding carboxylic acids is 1. The Labute approximate surface area is 84.5 Å². The molecule has 1 atom stereocenters. The molecule has 0 spiro atoms. The lowest BCUT2D eigenvalue weighted by molar-refractivity contribution is -0.107. The summed E-state index contributed by atoms with van der Waals surface area (Å²) >= 11 is 5.71. The van der Waals surface area contributed by atoms with Crippen LogP contribution in [0.5, 0.6) is 0 Å². The molecule has 1 unspecified atom stereocenters. The van der Waals surface area contributed by atoms with Crippen LogP contribution in [0.2, 0.25) is 0 Å². The molecule has 1 heterocycles. The minimum Gasteiger partial charge on any atom is -0.317 e. The first-order valence-electron chi connectivity index (χ1n) is 4.13. The summed E-state index contributed by atoms with van der Waals surface area (Å²) in [5.41, 5.74) is 0. The van der Waals surface area contributed by atoms with Crippen molar-refractivity contribution in [3.05, 3.63) is 0 Å². The SMILES string of the molecule is Cl.O=CC(Cl)CC1CCNCC1. The minimum absolute atomic E-state index is 0. The maximum atomic E-state index is 10.2. The normalized spacial score (nSPS) is 21.1. The van der Waals surface area contributed by atoms with Gasteiger partial charge in [0, 0.05) is 0 Å². The first-order chi connectivity index (χ1) is 5.33. The molecular weight excluding hydrogens is 197 g/mol. The van der Waals surface area contributed by atoms with E-state index >= 15 is 0 Å². The molecule has 1 fully saturated rings. The highest BCUT2D eigenvalue weighted by Gasteiger charge is 2.16. The van der Waals surface area contributed by atoms with Crippen LogP contribution in [0.25, 0.3) is 0 Å². The molecule has 2 nitrogen and oxygen atoms in total. The van der Waals surface area contributed by atoms with Gasteiger partial charge in [-0.3, -0.25) is 0 Å². The van der Waals surface area contributed by atoms with Crippen molar-refractivity contribution in [3.8, 4) is 0 Å². The average Bonchev–Trinajstić information content (AvgIpc) is 2.06. The number of rotatable bonds is 3. The fourth-order valence-electron chi connectivity index (χ4n) is 1.49. The molecule has 4 heteroatoms. The highest BCUT2D eigenvalue weighted by molar-refractivity contribution is 6.27. The lowest BCUT2D eigenvalue weighted by atomic mass is 9.93. The molecule has 12 heavy (non-hydrogen) atoms. The van der Waals surface area contributed by atoms with Gasteiger partial charge in [-0.25, -0.2) is 0 Å². The van der Waals surface area contributed by atoms with Crippen molar-refractivity contribution in [2.75, 3.05) is 13.1 Å². The van der Waals surface area contributed by atoms with Gasteiger partial charge in [0.25, 0.3) is 0 Å². The third kappa shape index (κ3) is 4.29. The zero-order chi connectivity index (χ0) is 8.10. The molecule has 0 aromatic rings. The third-order valence-corrected chi connectivity index (χ3v) is 2.45. The van der Waals surface area contributed by atoms with Gasteiger partial charge in [0.15, 0.2) is 0 Å². The molecule has 1 aliphatic rings. The Morgan fingerprint density at radius 2 is 2.08 bits per heavy atom. The molecule has 72 valence electrons. The Morgan fingerprint density at radius 3 is 2.58 bits per heavy atom. The molecule has 0 saturated carbocycles. The summed E-state index contributed by atoms with van der Waals surface area (Å²) in [5.74, 6) is 0.656. The van der Waals surface area contributed by atoms with Crippen LogP contribution in [0.4, 0.5) is 0 Å². The van der Waals surface area contributed by atoms with E-state index < -0.39 is 0 Å². The molecule has 1 rings (SSSR count). The number of carbonyl (C=O) groups is 1. The first kappa shape index (κ1) is 12.2. The Hall–Kier alpha value is 0.210. The van der Waals surface area contributed by atoms with Crippen LogP contribution in [0.1, 0.15) is 19.3 Å². The van der Waals surface area contributed by atoms with Crippen LogP contribution in [-0.2, 0) is 4.79 Å². The first-order valence-corrected chi connectivity index (χ1v) is 4.56. The van der Waals surface area contributed by atoms with Gasteiger partial charge in [0.2, 0.25) is 0 Å². The van der Waals surface area contributed by atoms with Gasteiger partial charge in [-0.05, 0) is 38.3 Å². The van der Waals surface area contributed by atoms with Crippen LogP contribution in [-0.4, -0.2) is 24.8 Å².